The van der Waals surface area contributed by atoms with Crippen molar-refractivity contribution in [2.45, 2.75) is 31.6 Å². The molecule has 25 heavy (non-hydrogen) atoms. The third kappa shape index (κ3) is 5.10. The second-order valence-electron chi connectivity index (χ2n) is 6.99. The summed E-state index contributed by atoms with van der Waals surface area (Å²) >= 11 is 0. The maximum absolute atomic E-state index is 13.3. The second-order valence-corrected chi connectivity index (χ2v) is 6.99. The minimum Gasteiger partial charge on any atom is -0.396 e. The summed E-state index contributed by atoms with van der Waals surface area (Å²) in [5, 5.41) is 9.19. The van der Waals surface area contributed by atoms with Gasteiger partial charge in [-0.2, -0.15) is 0 Å². The number of piperidine rings is 1. The Morgan fingerprint density at radius 2 is 1.84 bits per heavy atom. The molecule has 2 aromatic rings. The molecule has 1 aromatic carbocycles. The van der Waals surface area contributed by atoms with E-state index in [-0.39, 0.29) is 18.3 Å². The van der Waals surface area contributed by atoms with Crippen LogP contribution in [0.1, 0.15) is 42.7 Å². The number of halogens is 1. The lowest BCUT2D eigenvalue weighted by Gasteiger charge is -2.33. The highest BCUT2D eigenvalue weighted by molar-refractivity contribution is 5.31. The van der Waals surface area contributed by atoms with Gasteiger partial charge >= 0.3 is 0 Å². The molecule has 2 heterocycles. The third-order valence-corrected chi connectivity index (χ3v) is 5.26. The van der Waals surface area contributed by atoms with Crippen molar-refractivity contribution in [3.63, 3.8) is 0 Å². The largest absolute Gasteiger partial charge is 0.396 e. The predicted molar refractivity (Wildman–Crippen MR) is 98.0 cm³/mol. The molecule has 0 amide bonds. The first kappa shape index (κ1) is 18.0. The van der Waals surface area contributed by atoms with Crippen LogP contribution in [0, 0.1) is 11.7 Å². The SMILES string of the molecule is OCCC1CCCN(CCC(c2ccncc2)c2ccc(F)cc2)C1. The van der Waals surface area contributed by atoms with Crippen LogP contribution in [-0.4, -0.2) is 41.2 Å². The van der Waals surface area contributed by atoms with Gasteiger partial charge in [-0.1, -0.05) is 12.1 Å². The smallest absolute Gasteiger partial charge is 0.123 e. The molecule has 1 aliphatic rings. The van der Waals surface area contributed by atoms with E-state index in [2.05, 4.69) is 22.0 Å². The summed E-state index contributed by atoms with van der Waals surface area (Å²) in [5.74, 6) is 0.672. The Hall–Kier alpha value is -1.78. The Morgan fingerprint density at radius 3 is 2.56 bits per heavy atom. The second kappa shape index (κ2) is 9.07. The maximum Gasteiger partial charge on any atom is 0.123 e. The average Bonchev–Trinajstić information content (AvgIpc) is 2.65. The molecule has 1 saturated heterocycles. The molecule has 0 bridgehead atoms. The molecule has 2 unspecified atom stereocenters. The van der Waals surface area contributed by atoms with E-state index in [0.29, 0.717) is 5.92 Å². The molecule has 0 saturated carbocycles. The molecule has 1 aliphatic heterocycles. The van der Waals surface area contributed by atoms with Crippen LogP contribution in [0.4, 0.5) is 4.39 Å². The average molecular weight is 342 g/mol. The van der Waals surface area contributed by atoms with Gasteiger partial charge in [0.25, 0.3) is 0 Å². The molecule has 3 nitrogen and oxygen atoms in total. The van der Waals surface area contributed by atoms with Crippen molar-refractivity contribution in [1.29, 1.82) is 0 Å². The van der Waals surface area contributed by atoms with Crippen LogP contribution in [-0.2, 0) is 0 Å². The van der Waals surface area contributed by atoms with E-state index in [1.807, 2.05) is 24.5 Å². The van der Waals surface area contributed by atoms with Crippen LogP contribution < -0.4 is 0 Å². The van der Waals surface area contributed by atoms with Gasteiger partial charge in [0.05, 0.1) is 0 Å². The van der Waals surface area contributed by atoms with Gasteiger partial charge in [-0.3, -0.25) is 4.98 Å². The number of hydrogen-bond donors (Lipinski definition) is 1. The maximum atomic E-state index is 13.3. The Labute approximate surface area is 149 Å². The fourth-order valence-electron chi connectivity index (χ4n) is 3.90. The summed E-state index contributed by atoms with van der Waals surface area (Å²) in [6.45, 7) is 3.52. The van der Waals surface area contributed by atoms with Crippen molar-refractivity contribution < 1.29 is 9.50 Å². The van der Waals surface area contributed by atoms with Crippen molar-refractivity contribution >= 4 is 0 Å². The first-order valence-electron chi connectivity index (χ1n) is 9.25. The van der Waals surface area contributed by atoms with Crippen molar-refractivity contribution in [2.24, 2.45) is 5.92 Å². The highest BCUT2D eigenvalue weighted by Crippen LogP contribution is 2.29. The lowest BCUT2D eigenvalue weighted by molar-refractivity contribution is 0.145. The summed E-state index contributed by atoms with van der Waals surface area (Å²) in [4.78, 5) is 6.64. The minimum atomic E-state index is -0.194. The molecule has 3 rings (SSSR count). The third-order valence-electron chi connectivity index (χ3n) is 5.26. The number of pyridine rings is 1. The van der Waals surface area contributed by atoms with Crippen molar-refractivity contribution in [3.05, 3.63) is 65.7 Å². The zero-order valence-electron chi connectivity index (χ0n) is 14.6. The number of aromatic nitrogens is 1. The number of benzene rings is 1. The van der Waals surface area contributed by atoms with E-state index in [9.17, 15) is 9.50 Å². The fourth-order valence-corrected chi connectivity index (χ4v) is 3.90. The summed E-state index contributed by atoms with van der Waals surface area (Å²) in [6, 6.07) is 11.0. The van der Waals surface area contributed by atoms with Gasteiger partial charge in [0.15, 0.2) is 0 Å². The standard InChI is InChI=1S/C21H27FN2O/c22-20-5-3-18(4-6-20)21(19-7-11-23-12-8-19)9-14-24-13-1-2-17(16-24)10-15-25/h3-8,11-12,17,21,25H,1-2,9-10,13-16H2. The van der Waals surface area contributed by atoms with Gasteiger partial charge in [0.1, 0.15) is 5.82 Å². The van der Waals surface area contributed by atoms with Crippen LogP contribution in [0.3, 0.4) is 0 Å². The van der Waals surface area contributed by atoms with Gasteiger partial charge in [0.2, 0.25) is 0 Å². The van der Waals surface area contributed by atoms with E-state index in [4.69, 9.17) is 0 Å². The van der Waals surface area contributed by atoms with Crippen molar-refractivity contribution in [1.82, 2.24) is 9.88 Å². The minimum absolute atomic E-state index is 0.194. The van der Waals surface area contributed by atoms with Gasteiger partial charge in [-0.25, -0.2) is 4.39 Å². The summed E-state index contributed by atoms with van der Waals surface area (Å²) in [6.07, 6.45) is 7.99. The van der Waals surface area contributed by atoms with Crippen LogP contribution in [0.15, 0.2) is 48.8 Å². The fraction of sp³-hybridized carbons (Fsp3) is 0.476. The van der Waals surface area contributed by atoms with E-state index in [1.165, 1.54) is 18.4 Å². The van der Waals surface area contributed by atoms with Gasteiger partial charge in [0, 0.05) is 31.5 Å². The number of rotatable bonds is 7. The quantitative estimate of drug-likeness (QED) is 0.831. The number of nitrogens with zero attached hydrogens (tertiary/aromatic N) is 2. The molecule has 1 aromatic heterocycles. The van der Waals surface area contributed by atoms with Crippen LogP contribution in [0.5, 0.6) is 0 Å². The molecule has 2 atom stereocenters. The predicted octanol–water partition coefficient (Wildman–Crippen LogP) is 3.84. The molecule has 1 N–H and O–H groups in total. The van der Waals surface area contributed by atoms with E-state index >= 15 is 0 Å². The zero-order valence-corrected chi connectivity index (χ0v) is 14.6. The Bertz CT molecular complexity index is 630. The highest BCUT2D eigenvalue weighted by Gasteiger charge is 2.21. The lowest BCUT2D eigenvalue weighted by Crippen LogP contribution is -2.36. The normalized spacial score (nSPS) is 19.7. The topological polar surface area (TPSA) is 36.4 Å². The highest BCUT2D eigenvalue weighted by atomic mass is 19.1. The molecule has 1 fully saturated rings. The van der Waals surface area contributed by atoms with Crippen molar-refractivity contribution in [2.75, 3.05) is 26.2 Å². The first-order chi connectivity index (χ1) is 12.3. The number of likely N-dealkylation sites (tertiary alicyclic amines) is 1. The van der Waals surface area contributed by atoms with Crippen LogP contribution >= 0.6 is 0 Å². The summed E-state index contributed by atoms with van der Waals surface area (Å²) < 4.78 is 13.3. The van der Waals surface area contributed by atoms with E-state index in [1.54, 1.807) is 12.1 Å². The molecule has 134 valence electrons. The Balaban J connectivity index is 1.69. The van der Waals surface area contributed by atoms with Gasteiger partial charge in [-0.15, -0.1) is 0 Å². The van der Waals surface area contributed by atoms with E-state index in [0.717, 1.165) is 38.0 Å². The van der Waals surface area contributed by atoms with E-state index < -0.39 is 0 Å². The Morgan fingerprint density at radius 1 is 1.12 bits per heavy atom. The molecule has 4 heteroatoms. The first-order valence-corrected chi connectivity index (χ1v) is 9.25. The lowest BCUT2D eigenvalue weighted by atomic mass is 9.88. The summed E-state index contributed by atoms with van der Waals surface area (Å²) in [5.41, 5.74) is 2.38. The zero-order chi connectivity index (χ0) is 17.5. The molecule has 0 aliphatic carbocycles. The molecule has 0 radical (unpaired) electrons. The van der Waals surface area contributed by atoms with Crippen LogP contribution in [0.25, 0.3) is 0 Å². The summed E-state index contributed by atoms with van der Waals surface area (Å²) in [7, 11) is 0. The van der Waals surface area contributed by atoms with Gasteiger partial charge < -0.3 is 10.0 Å². The molecular formula is C21H27FN2O. The molecular weight excluding hydrogens is 315 g/mol. The number of hydrogen-bond acceptors (Lipinski definition) is 3. The number of aliphatic hydroxyl groups is 1. The van der Waals surface area contributed by atoms with Gasteiger partial charge in [-0.05, 0) is 80.1 Å². The van der Waals surface area contributed by atoms with Crippen molar-refractivity contribution in [3.8, 4) is 0 Å². The molecule has 0 spiro atoms. The monoisotopic (exact) mass is 342 g/mol. The number of aliphatic hydroxyl groups excluding tert-OH is 1. The Kier molecular flexibility index (Phi) is 6.54. The van der Waals surface area contributed by atoms with Crippen LogP contribution in [0.2, 0.25) is 0 Å².